The lowest BCUT2D eigenvalue weighted by molar-refractivity contribution is 0.0734. The molecule has 0 spiro atoms. The molecule has 0 aliphatic heterocycles. The first kappa shape index (κ1) is 24.2. The van der Waals surface area contributed by atoms with Gasteiger partial charge in [0.15, 0.2) is 11.5 Å². The van der Waals surface area contributed by atoms with E-state index >= 15 is 0 Å². The van der Waals surface area contributed by atoms with Crippen molar-refractivity contribution in [3.05, 3.63) is 99.1 Å². The normalized spacial score (nSPS) is 10.8. The van der Waals surface area contributed by atoms with Crippen LogP contribution in [0.2, 0.25) is 0 Å². The molecule has 0 aromatic heterocycles. The molecule has 0 bridgehead atoms. The number of hydrogen-bond donors (Lipinski definition) is 1. The van der Waals surface area contributed by atoms with Gasteiger partial charge in [-0.25, -0.2) is 10.2 Å². The van der Waals surface area contributed by atoms with Gasteiger partial charge in [0, 0.05) is 9.13 Å². The number of ether oxygens (including phenoxy) is 3. The van der Waals surface area contributed by atoms with Gasteiger partial charge in [0.05, 0.1) is 31.6 Å². The minimum atomic E-state index is -0.571. The smallest absolute Gasteiger partial charge is 0.343 e. The minimum absolute atomic E-state index is 0.297. The largest absolute Gasteiger partial charge is 0.493 e. The fraction of sp³-hybridized carbons (Fsp3) is 0.0741. The maximum Gasteiger partial charge on any atom is 0.343 e. The Morgan fingerprint density at radius 1 is 0.857 bits per heavy atom. The van der Waals surface area contributed by atoms with Crippen molar-refractivity contribution in [1.29, 1.82) is 0 Å². The Kier molecular flexibility index (Phi) is 7.61. The van der Waals surface area contributed by atoms with Crippen LogP contribution in [0.25, 0.3) is 10.8 Å². The van der Waals surface area contributed by atoms with Crippen molar-refractivity contribution in [3.63, 3.8) is 0 Å². The van der Waals surface area contributed by atoms with Crippen LogP contribution in [0.15, 0.2) is 84.0 Å². The summed E-state index contributed by atoms with van der Waals surface area (Å²) in [5.41, 5.74) is 3.92. The van der Waals surface area contributed by atoms with Crippen molar-refractivity contribution < 1.29 is 23.8 Å². The van der Waals surface area contributed by atoms with Crippen molar-refractivity contribution >= 4 is 51.5 Å². The molecule has 7 nitrogen and oxygen atoms in total. The van der Waals surface area contributed by atoms with Crippen molar-refractivity contribution in [2.24, 2.45) is 5.10 Å². The summed E-state index contributed by atoms with van der Waals surface area (Å²) >= 11 is 2.10. The van der Waals surface area contributed by atoms with Crippen molar-refractivity contribution in [1.82, 2.24) is 5.43 Å². The van der Waals surface area contributed by atoms with Crippen LogP contribution in [-0.2, 0) is 0 Å². The summed E-state index contributed by atoms with van der Waals surface area (Å²) in [7, 11) is 3.02. The van der Waals surface area contributed by atoms with E-state index in [2.05, 4.69) is 33.1 Å². The third-order valence-electron chi connectivity index (χ3n) is 5.23. The van der Waals surface area contributed by atoms with Crippen LogP contribution in [0.4, 0.5) is 0 Å². The molecule has 4 aromatic rings. The number of halogens is 1. The second-order valence-electron chi connectivity index (χ2n) is 7.34. The first-order valence-corrected chi connectivity index (χ1v) is 11.6. The highest BCUT2D eigenvalue weighted by Gasteiger charge is 2.16. The van der Waals surface area contributed by atoms with Gasteiger partial charge in [0.2, 0.25) is 0 Å². The van der Waals surface area contributed by atoms with Crippen LogP contribution >= 0.6 is 22.6 Å². The Morgan fingerprint density at radius 3 is 2.34 bits per heavy atom. The highest BCUT2D eigenvalue weighted by Crippen LogP contribution is 2.30. The molecule has 35 heavy (non-hydrogen) atoms. The average Bonchev–Trinajstić information content (AvgIpc) is 2.89. The van der Waals surface area contributed by atoms with E-state index in [4.69, 9.17) is 14.2 Å². The lowest BCUT2D eigenvalue weighted by atomic mass is 10.0. The van der Waals surface area contributed by atoms with E-state index in [1.165, 1.54) is 20.4 Å². The van der Waals surface area contributed by atoms with Gasteiger partial charge in [-0.2, -0.15) is 5.10 Å². The van der Waals surface area contributed by atoms with E-state index in [0.29, 0.717) is 33.9 Å². The van der Waals surface area contributed by atoms with E-state index < -0.39 is 5.97 Å². The second kappa shape index (κ2) is 11.0. The van der Waals surface area contributed by atoms with E-state index in [0.717, 1.165) is 14.3 Å². The molecule has 1 N–H and O–H groups in total. The average molecular weight is 580 g/mol. The van der Waals surface area contributed by atoms with Gasteiger partial charge in [0.25, 0.3) is 5.91 Å². The zero-order chi connectivity index (χ0) is 24.8. The maximum atomic E-state index is 12.9. The van der Waals surface area contributed by atoms with Gasteiger partial charge in [-0.15, -0.1) is 0 Å². The van der Waals surface area contributed by atoms with Crippen molar-refractivity contribution in [2.45, 2.75) is 0 Å². The van der Waals surface area contributed by atoms with Crippen LogP contribution in [0.1, 0.15) is 26.3 Å². The molecule has 0 atom stereocenters. The van der Waals surface area contributed by atoms with Gasteiger partial charge in [0.1, 0.15) is 5.75 Å². The van der Waals surface area contributed by atoms with Gasteiger partial charge in [-0.3, -0.25) is 4.79 Å². The number of hydrogen-bond acceptors (Lipinski definition) is 6. The van der Waals surface area contributed by atoms with Crippen LogP contribution in [0.5, 0.6) is 17.2 Å². The van der Waals surface area contributed by atoms with Crippen LogP contribution in [0.3, 0.4) is 0 Å². The number of benzene rings is 4. The van der Waals surface area contributed by atoms with Crippen LogP contribution in [0, 0.1) is 3.57 Å². The molecule has 176 valence electrons. The van der Waals surface area contributed by atoms with Crippen molar-refractivity contribution in [2.75, 3.05) is 14.2 Å². The number of carbonyl (C=O) groups excluding carboxylic acids is 2. The monoisotopic (exact) mass is 580 g/mol. The van der Waals surface area contributed by atoms with Gasteiger partial charge in [-0.05, 0) is 69.8 Å². The lowest BCUT2D eigenvalue weighted by Crippen LogP contribution is -2.19. The molecule has 1 amide bonds. The van der Waals surface area contributed by atoms with Crippen molar-refractivity contribution in [3.8, 4) is 17.2 Å². The summed E-state index contributed by atoms with van der Waals surface area (Å²) in [6, 6.07) is 23.2. The van der Waals surface area contributed by atoms with Gasteiger partial charge >= 0.3 is 5.97 Å². The number of esters is 1. The molecule has 0 fully saturated rings. The lowest BCUT2D eigenvalue weighted by Gasteiger charge is -2.12. The topological polar surface area (TPSA) is 86.2 Å². The SMILES string of the molecule is COc1ccc(C(=O)Oc2ccc3ccccc3c2/C=N\NC(=O)c2ccccc2I)cc1OC. The Bertz CT molecular complexity index is 1430. The van der Waals surface area contributed by atoms with E-state index in [-0.39, 0.29) is 5.91 Å². The zero-order valence-electron chi connectivity index (χ0n) is 18.9. The Hall–Kier alpha value is -3.92. The fourth-order valence-corrected chi connectivity index (χ4v) is 4.11. The minimum Gasteiger partial charge on any atom is -0.493 e. The molecule has 4 rings (SSSR count). The third-order valence-corrected chi connectivity index (χ3v) is 6.17. The molecule has 0 aliphatic carbocycles. The zero-order valence-corrected chi connectivity index (χ0v) is 21.1. The molecule has 0 aliphatic rings. The number of hydrazone groups is 1. The van der Waals surface area contributed by atoms with Crippen LogP contribution < -0.4 is 19.6 Å². The molecule has 0 heterocycles. The van der Waals surface area contributed by atoms with Crippen LogP contribution in [-0.4, -0.2) is 32.3 Å². The molecular formula is C27H21IN2O5. The molecule has 0 saturated heterocycles. The fourth-order valence-electron chi connectivity index (χ4n) is 3.48. The Balaban J connectivity index is 1.64. The first-order valence-electron chi connectivity index (χ1n) is 10.6. The maximum absolute atomic E-state index is 12.9. The Labute approximate surface area is 215 Å². The molecular weight excluding hydrogens is 559 g/mol. The predicted octanol–water partition coefficient (Wildman–Crippen LogP) is 5.44. The van der Waals surface area contributed by atoms with E-state index in [9.17, 15) is 9.59 Å². The summed E-state index contributed by atoms with van der Waals surface area (Å²) in [5.74, 6) is 0.316. The molecule has 0 saturated carbocycles. The Morgan fingerprint density at radius 2 is 1.57 bits per heavy atom. The highest BCUT2D eigenvalue weighted by atomic mass is 127. The van der Waals surface area contributed by atoms with Gasteiger partial charge < -0.3 is 14.2 Å². The summed E-state index contributed by atoms with van der Waals surface area (Å²) in [5, 5.41) is 5.90. The number of amides is 1. The quantitative estimate of drug-likeness (QED) is 0.103. The predicted molar refractivity (Wildman–Crippen MR) is 143 cm³/mol. The third kappa shape index (κ3) is 5.43. The molecule has 8 heteroatoms. The summed E-state index contributed by atoms with van der Waals surface area (Å²) in [4.78, 5) is 25.5. The molecule has 0 radical (unpaired) electrons. The summed E-state index contributed by atoms with van der Waals surface area (Å²) < 4.78 is 17.1. The number of nitrogens with one attached hydrogen (secondary N) is 1. The summed E-state index contributed by atoms with van der Waals surface area (Å²) in [6.07, 6.45) is 1.48. The number of rotatable bonds is 7. The number of methoxy groups -OCH3 is 2. The summed E-state index contributed by atoms with van der Waals surface area (Å²) in [6.45, 7) is 0. The number of fused-ring (bicyclic) bond motifs is 1. The van der Waals surface area contributed by atoms with E-state index in [1.807, 2.05) is 42.5 Å². The molecule has 0 unspecified atom stereocenters. The van der Waals surface area contributed by atoms with Gasteiger partial charge in [-0.1, -0.05) is 42.5 Å². The number of nitrogens with zero attached hydrogens (tertiary/aromatic N) is 1. The standard InChI is InChI=1S/C27H21IN2O5/c1-33-24-14-12-18(15-25(24)34-2)27(32)35-23-13-11-17-7-3-4-8-19(17)21(23)16-29-30-26(31)20-9-5-6-10-22(20)28/h3-16H,1-2H3,(H,30,31)/b29-16-. The first-order chi connectivity index (χ1) is 17.0. The number of carbonyl (C=O) groups is 2. The molecule has 4 aromatic carbocycles. The highest BCUT2D eigenvalue weighted by molar-refractivity contribution is 14.1. The van der Waals surface area contributed by atoms with E-state index in [1.54, 1.807) is 36.4 Å². The second-order valence-corrected chi connectivity index (χ2v) is 8.50.